The van der Waals surface area contributed by atoms with E-state index in [0.29, 0.717) is 6.54 Å². The molecule has 2 aromatic rings. The van der Waals surface area contributed by atoms with E-state index >= 15 is 0 Å². The van der Waals surface area contributed by atoms with Crippen molar-refractivity contribution in [2.75, 3.05) is 13.1 Å². The summed E-state index contributed by atoms with van der Waals surface area (Å²) in [6, 6.07) is 5.33. The van der Waals surface area contributed by atoms with E-state index in [1.54, 1.807) is 27.7 Å². The van der Waals surface area contributed by atoms with E-state index in [9.17, 15) is 13.2 Å². The molecule has 1 N–H and O–H groups in total. The van der Waals surface area contributed by atoms with E-state index in [0.717, 1.165) is 24.2 Å². The Labute approximate surface area is 144 Å². The summed E-state index contributed by atoms with van der Waals surface area (Å²) < 4.78 is 26.9. The van der Waals surface area contributed by atoms with Crippen molar-refractivity contribution in [3.63, 3.8) is 0 Å². The minimum Gasteiger partial charge on any atom is -0.334 e. The number of thiophene rings is 2. The maximum absolute atomic E-state index is 12.5. The molecule has 1 aliphatic rings. The normalized spacial score (nSPS) is 18.0. The molecule has 3 rings (SSSR count). The molecular weight excluding hydrogens is 352 g/mol. The van der Waals surface area contributed by atoms with Gasteiger partial charge in [-0.3, -0.25) is 4.79 Å². The fourth-order valence-corrected chi connectivity index (χ4v) is 5.82. The number of sulfonamides is 1. The molecule has 1 amide bonds. The van der Waals surface area contributed by atoms with Crippen LogP contribution < -0.4 is 4.72 Å². The van der Waals surface area contributed by atoms with E-state index in [2.05, 4.69) is 16.2 Å². The maximum Gasteiger partial charge on any atom is 0.250 e. The van der Waals surface area contributed by atoms with Crippen LogP contribution in [0.5, 0.6) is 0 Å². The molecule has 3 heterocycles. The third kappa shape index (κ3) is 3.35. The highest BCUT2D eigenvalue weighted by Gasteiger charge is 2.30. The number of rotatable bonds is 5. The molecule has 1 aliphatic heterocycles. The Morgan fingerprint density at radius 2 is 2.17 bits per heavy atom. The Kier molecular flexibility index (Phi) is 4.86. The van der Waals surface area contributed by atoms with Gasteiger partial charge in [0.05, 0.1) is 12.6 Å². The summed E-state index contributed by atoms with van der Waals surface area (Å²) in [6.07, 6.45) is 1.67. The topological polar surface area (TPSA) is 66.5 Å². The van der Waals surface area contributed by atoms with Crippen molar-refractivity contribution in [1.82, 2.24) is 9.62 Å². The summed E-state index contributed by atoms with van der Waals surface area (Å²) in [5, 5.41) is 3.76. The minimum absolute atomic E-state index is 0.0451. The lowest BCUT2D eigenvalue weighted by Gasteiger charge is -2.35. The Morgan fingerprint density at radius 1 is 1.35 bits per heavy atom. The van der Waals surface area contributed by atoms with E-state index < -0.39 is 10.0 Å². The molecule has 0 fully saturated rings. The van der Waals surface area contributed by atoms with E-state index in [4.69, 9.17) is 0 Å². The Hall–Kier alpha value is -1.22. The van der Waals surface area contributed by atoms with Gasteiger partial charge in [0.1, 0.15) is 4.21 Å². The largest absolute Gasteiger partial charge is 0.334 e. The van der Waals surface area contributed by atoms with Crippen LogP contribution in [0.25, 0.3) is 0 Å². The van der Waals surface area contributed by atoms with Crippen LogP contribution in [0.1, 0.15) is 29.8 Å². The summed E-state index contributed by atoms with van der Waals surface area (Å²) in [5.74, 6) is -0.172. The predicted octanol–water partition coefficient (Wildman–Crippen LogP) is 2.62. The summed E-state index contributed by atoms with van der Waals surface area (Å²) in [5.41, 5.74) is 1.21. The summed E-state index contributed by atoms with van der Waals surface area (Å²) in [4.78, 5) is 15.7. The van der Waals surface area contributed by atoms with Crippen LogP contribution in [-0.4, -0.2) is 32.3 Å². The van der Waals surface area contributed by atoms with Gasteiger partial charge in [0.2, 0.25) is 5.91 Å². The van der Waals surface area contributed by atoms with Crippen molar-refractivity contribution in [1.29, 1.82) is 0 Å². The van der Waals surface area contributed by atoms with Crippen LogP contribution in [0.3, 0.4) is 0 Å². The van der Waals surface area contributed by atoms with Gasteiger partial charge < -0.3 is 4.90 Å². The molecule has 0 saturated carbocycles. The number of hydrogen-bond acceptors (Lipinski definition) is 5. The zero-order valence-electron chi connectivity index (χ0n) is 12.7. The molecular formula is C15H18N2O3S3. The van der Waals surface area contributed by atoms with Gasteiger partial charge >= 0.3 is 0 Å². The average Bonchev–Trinajstić information content (AvgIpc) is 3.22. The number of hydrogen-bond donors (Lipinski definition) is 1. The highest BCUT2D eigenvalue weighted by Crippen LogP contribution is 2.35. The number of carbonyl (C=O) groups excluding carboxylic acids is 1. The molecule has 23 heavy (non-hydrogen) atoms. The third-order valence-electron chi connectivity index (χ3n) is 3.98. The standard InChI is InChI=1S/C15H18N2O3S3/c1-2-12-11-6-9-21-13(11)5-7-17(12)14(18)10-16-23(19,20)15-4-3-8-22-15/h3-4,6,8-9,12,16H,2,5,7,10H2,1H3. The van der Waals surface area contributed by atoms with Gasteiger partial charge in [-0.2, -0.15) is 0 Å². The molecule has 0 saturated heterocycles. The Morgan fingerprint density at radius 3 is 2.87 bits per heavy atom. The van der Waals surface area contributed by atoms with E-state index in [1.165, 1.54) is 16.5 Å². The van der Waals surface area contributed by atoms with Crippen molar-refractivity contribution in [3.8, 4) is 0 Å². The zero-order chi connectivity index (χ0) is 16.4. The van der Waals surface area contributed by atoms with Gasteiger partial charge in [0, 0.05) is 11.4 Å². The molecule has 0 aliphatic carbocycles. The van der Waals surface area contributed by atoms with Crippen molar-refractivity contribution < 1.29 is 13.2 Å². The van der Waals surface area contributed by atoms with Crippen molar-refractivity contribution in [2.45, 2.75) is 30.0 Å². The van der Waals surface area contributed by atoms with Crippen LogP contribution in [0, 0.1) is 0 Å². The van der Waals surface area contributed by atoms with Gasteiger partial charge in [-0.1, -0.05) is 13.0 Å². The molecule has 0 bridgehead atoms. The zero-order valence-corrected chi connectivity index (χ0v) is 15.1. The minimum atomic E-state index is -3.60. The highest BCUT2D eigenvalue weighted by molar-refractivity contribution is 7.91. The van der Waals surface area contributed by atoms with E-state index in [-0.39, 0.29) is 22.7 Å². The van der Waals surface area contributed by atoms with Gasteiger partial charge in [0.15, 0.2) is 0 Å². The van der Waals surface area contributed by atoms with Crippen molar-refractivity contribution >= 4 is 38.6 Å². The first-order valence-electron chi connectivity index (χ1n) is 7.42. The quantitative estimate of drug-likeness (QED) is 0.880. The van der Waals surface area contributed by atoms with Crippen LogP contribution in [0.4, 0.5) is 0 Å². The number of nitrogens with zero attached hydrogens (tertiary/aromatic N) is 1. The van der Waals surface area contributed by atoms with Gasteiger partial charge in [-0.25, -0.2) is 13.1 Å². The highest BCUT2D eigenvalue weighted by atomic mass is 32.2. The first-order valence-corrected chi connectivity index (χ1v) is 10.7. The van der Waals surface area contributed by atoms with Crippen LogP contribution in [0.2, 0.25) is 0 Å². The molecule has 2 aromatic heterocycles. The Bertz CT molecular complexity index is 781. The second kappa shape index (κ2) is 6.72. The lowest BCUT2D eigenvalue weighted by atomic mass is 9.98. The molecule has 0 aromatic carbocycles. The second-order valence-electron chi connectivity index (χ2n) is 5.32. The Balaban J connectivity index is 1.69. The van der Waals surface area contributed by atoms with Crippen LogP contribution >= 0.6 is 22.7 Å². The van der Waals surface area contributed by atoms with Crippen molar-refractivity contribution in [3.05, 3.63) is 39.4 Å². The lowest BCUT2D eigenvalue weighted by Crippen LogP contribution is -2.44. The van der Waals surface area contributed by atoms with Gasteiger partial charge in [-0.15, -0.1) is 22.7 Å². The first kappa shape index (κ1) is 16.6. The molecule has 1 atom stereocenters. The lowest BCUT2D eigenvalue weighted by molar-refractivity contribution is -0.132. The van der Waals surface area contributed by atoms with Gasteiger partial charge in [-0.05, 0) is 41.3 Å². The third-order valence-corrected chi connectivity index (χ3v) is 7.77. The molecule has 1 unspecified atom stereocenters. The number of amides is 1. The van der Waals surface area contributed by atoms with Crippen LogP contribution in [0.15, 0.2) is 33.2 Å². The summed E-state index contributed by atoms with van der Waals surface area (Å²) >= 11 is 2.87. The van der Waals surface area contributed by atoms with Crippen LogP contribution in [-0.2, 0) is 21.2 Å². The number of carbonyl (C=O) groups is 1. The van der Waals surface area contributed by atoms with Gasteiger partial charge in [0.25, 0.3) is 10.0 Å². The first-order chi connectivity index (χ1) is 11.0. The summed E-state index contributed by atoms with van der Waals surface area (Å²) in [7, 11) is -3.60. The molecule has 124 valence electrons. The fraction of sp³-hybridized carbons (Fsp3) is 0.400. The second-order valence-corrected chi connectivity index (χ2v) is 9.26. The molecule has 8 heteroatoms. The number of fused-ring (bicyclic) bond motifs is 1. The predicted molar refractivity (Wildman–Crippen MR) is 92.3 cm³/mol. The molecule has 0 spiro atoms. The average molecular weight is 371 g/mol. The maximum atomic E-state index is 12.5. The molecule has 5 nitrogen and oxygen atoms in total. The SMILES string of the molecule is CCC1c2ccsc2CCN1C(=O)CNS(=O)(=O)c1cccs1. The molecule has 0 radical (unpaired) electrons. The smallest absolute Gasteiger partial charge is 0.250 e. The fourth-order valence-electron chi connectivity index (χ4n) is 2.88. The van der Waals surface area contributed by atoms with E-state index in [1.807, 2.05) is 6.92 Å². The monoisotopic (exact) mass is 370 g/mol. The summed E-state index contributed by atoms with van der Waals surface area (Å²) in [6.45, 7) is 2.50. The number of nitrogens with one attached hydrogen (secondary N) is 1. The van der Waals surface area contributed by atoms with Crippen molar-refractivity contribution in [2.24, 2.45) is 0 Å².